The Morgan fingerprint density at radius 3 is 2.18 bits per heavy atom. The van der Waals surface area contributed by atoms with Crippen LogP contribution in [-0.4, -0.2) is 53.2 Å². The summed E-state index contributed by atoms with van der Waals surface area (Å²) in [7, 11) is 0. The number of rotatable bonds is 6. The Hall–Kier alpha value is -3.35. The van der Waals surface area contributed by atoms with Gasteiger partial charge in [0, 0.05) is 19.0 Å². The lowest BCUT2D eigenvalue weighted by Gasteiger charge is -2.42. The van der Waals surface area contributed by atoms with E-state index in [1.165, 1.54) is 11.1 Å². The number of carboxylic acids is 1. The molecule has 1 heterocycles. The Morgan fingerprint density at radius 2 is 1.65 bits per heavy atom. The average Bonchev–Trinajstić information content (AvgIpc) is 3.34. The van der Waals surface area contributed by atoms with Gasteiger partial charge >= 0.3 is 12.1 Å². The van der Waals surface area contributed by atoms with E-state index in [4.69, 9.17) is 4.74 Å². The molecule has 0 bridgehead atoms. The number of nitrogens with zero attached hydrogens (tertiary/aromatic N) is 1. The molecule has 2 fully saturated rings. The second kappa shape index (κ2) is 8.78. The molecule has 0 spiro atoms. The number of carbonyl (C=O) groups excluding carboxylic acids is 2. The number of nitrogens with one attached hydrogen (secondary N) is 1. The number of fused-ring (bicyclic) bond motifs is 3. The highest BCUT2D eigenvalue weighted by molar-refractivity contribution is 5.81. The van der Waals surface area contributed by atoms with Gasteiger partial charge in [-0.3, -0.25) is 9.59 Å². The maximum atomic E-state index is 12.9. The second-order valence-electron chi connectivity index (χ2n) is 9.98. The highest BCUT2D eigenvalue weighted by atomic mass is 16.5. The topological polar surface area (TPSA) is 95.9 Å². The van der Waals surface area contributed by atoms with Crippen molar-refractivity contribution in [2.45, 2.75) is 44.1 Å². The molecule has 2 atom stereocenters. The number of amides is 2. The fraction of sp³-hybridized carbons (Fsp3) is 0.444. The molecule has 2 amide bonds. The fourth-order valence-corrected chi connectivity index (χ4v) is 5.69. The number of carboxylic acid groups (broad SMARTS) is 1. The van der Waals surface area contributed by atoms with E-state index in [9.17, 15) is 19.5 Å². The van der Waals surface area contributed by atoms with Crippen LogP contribution in [0.2, 0.25) is 0 Å². The molecule has 0 radical (unpaired) electrons. The Labute approximate surface area is 199 Å². The molecule has 0 unspecified atom stereocenters. The maximum Gasteiger partial charge on any atom is 0.407 e. The van der Waals surface area contributed by atoms with Gasteiger partial charge in [0.05, 0.1) is 17.9 Å². The van der Waals surface area contributed by atoms with E-state index < -0.39 is 23.5 Å². The second-order valence-corrected chi connectivity index (χ2v) is 9.98. The molecule has 1 saturated carbocycles. The van der Waals surface area contributed by atoms with E-state index in [0.29, 0.717) is 19.4 Å². The normalized spacial score (nSPS) is 22.4. The van der Waals surface area contributed by atoms with Crippen molar-refractivity contribution in [2.75, 3.05) is 19.7 Å². The fourth-order valence-electron chi connectivity index (χ4n) is 5.69. The van der Waals surface area contributed by atoms with Crippen LogP contribution in [0.5, 0.6) is 0 Å². The third kappa shape index (κ3) is 4.04. The summed E-state index contributed by atoms with van der Waals surface area (Å²) < 4.78 is 5.69. The Kier molecular flexibility index (Phi) is 5.80. The number of benzene rings is 2. The highest BCUT2D eigenvalue weighted by Gasteiger charge is 2.44. The molecule has 34 heavy (non-hydrogen) atoms. The molecule has 7 heteroatoms. The SMILES string of the molecule is C[C@@H]1CN(C(=O)CC2(NC(=O)OCC3c4ccccc4-c4ccccc43)CCC2)C[C@H]1C(=O)O. The largest absolute Gasteiger partial charge is 0.481 e. The van der Waals surface area contributed by atoms with E-state index in [1.54, 1.807) is 4.90 Å². The first-order valence-corrected chi connectivity index (χ1v) is 12.0. The summed E-state index contributed by atoms with van der Waals surface area (Å²) >= 11 is 0. The molecule has 2 aromatic carbocycles. The Bertz CT molecular complexity index is 1080. The van der Waals surface area contributed by atoms with Crippen molar-refractivity contribution in [1.82, 2.24) is 10.2 Å². The first kappa shape index (κ1) is 22.4. The van der Waals surface area contributed by atoms with Gasteiger partial charge in [-0.2, -0.15) is 0 Å². The summed E-state index contributed by atoms with van der Waals surface area (Å²) in [5.74, 6) is -1.59. The first-order chi connectivity index (χ1) is 16.4. The zero-order valence-corrected chi connectivity index (χ0v) is 19.3. The quantitative estimate of drug-likeness (QED) is 0.676. The molecule has 178 valence electrons. The molecule has 2 aliphatic carbocycles. The van der Waals surface area contributed by atoms with Gasteiger partial charge in [0.25, 0.3) is 0 Å². The van der Waals surface area contributed by atoms with Crippen molar-refractivity contribution in [3.63, 3.8) is 0 Å². The van der Waals surface area contributed by atoms with Gasteiger partial charge < -0.3 is 20.1 Å². The number of aliphatic carboxylic acids is 1. The van der Waals surface area contributed by atoms with E-state index >= 15 is 0 Å². The van der Waals surface area contributed by atoms with E-state index in [2.05, 4.69) is 29.6 Å². The van der Waals surface area contributed by atoms with Crippen LogP contribution in [0.1, 0.15) is 49.7 Å². The molecular weight excluding hydrogens is 432 g/mol. The van der Waals surface area contributed by atoms with E-state index in [1.807, 2.05) is 31.2 Å². The lowest BCUT2D eigenvalue weighted by Crippen LogP contribution is -2.56. The number of likely N-dealkylation sites (tertiary alicyclic amines) is 1. The van der Waals surface area contributed by atoms with Crippen molar-refractivity contribution >= 4 is 18.0 Å². The minimum Gasteiger partial charge on any atom is -0.481 e. The summed E-state index contributed by atoms with van der Waals surface area (Å²) in [6, 6.07) is 16.4. The predicted octanol–water partition coefficient (Wildman–Crippen LogP) is 4.02. The van der Waals surface area contributed by atoms with Crippen LogP contribution >= 0.6 is 0 Å². The number of hydrogen-bond donors (Lipinski definition) is 2. The number of hydrogen-bond acceptors (Lipinski definition) is 4. The first-order valence-electron chi connectivity index (χ1n) is 12.0. The summed E-state index contributed by atoms with van der Waals surface area (Å²) in [6.45, 7) is 2.76. The van der Waals surface area contributed by atoms with Gasteiger partial charge in [0.2, 0.25) is 5.91 Å². The van der Waals surface area contributed by atoms with Gasteiger partial charge in [-0.05, 0) is 47.4 Å². The van der Waals surface area contributed by atoms with Crippen LogP contribution in [0.3, 0.4) is 0 Å². The summed E-state index contributed by atoms with van der Waals surface area (Å²) in [5, 5.41) is 12.3. The molecule has 7 nitrogen and oxygen atoms in total. The molecular formula is C27H30N2O5. The highest BCUT2D eigenvalue weighted by Crippen LogP contribution is 2.44. The summed E-state index contributed by atoms with van der Waals surface area (Å²) in [5.41, 5.74) is 4.05. The number of ether oxygens (including phenoxy) is 1. The number of carbonyl (C=O) groups is 3. The van der Waals surface area contributed by atoms with Crippen molar-refractivity contribution in [1.29, 1.82) is 0 Å². The van der Waals surface area contributed by atoms with Gasteiger partial charge in [0.15, 0.2) is 0 Å². The lowest BCUT2D eigenvalue weighted by molar-refractivity contribution is -0.142. The van der Waals surface area contributed by atoms with Crippen molar-refractivity contribution < 1.29 is 24.2 Å². The summed E-state index contributed by atoms with van der Waals surface area (Å²) in [6.07, 6.45) is 2.04. The van der Waals surface area contributed by atoms with E-state index in [-0.39, 0.29) is 37.3 Å². The van der Waals surface area contributed by atoms with Crippen LogP contribution in [0, 0.1) is 11.8 Å². The van der Waals surface area contributed by atoms with Crippen molar-refractivity contribution in [3.8, 4) is 11.1 Å². The van der Waals surface area contributed by atoms with Crippen LogP contribution in [0.4, 0.5) is 4.79 Å². The molecule has 0 aromatic heterocycles. The molecule has 3 aliphatic rings. The van der Waals surface area contributed by atoms with E-state index in [0.717, 1.165) is 17.5 Å². The number of alkyl carbamates (subject to hydrolysis) is 1. The van der Waals surface area contributed by atoms with Crippen LogP contribution in [0.25, 0.3) is 11.1 Å². The lowest BCUT2D eigenvalue weighted by atomic mass is 9.74. The third-order valence-electron chi connectivity index (χ3n) is 7.79. The Balaban J connectivity index is 1.21. The minimum absolute atomic E-state index is 0.0174. The molecule has 5 rings (SSSR count). The summed E-state index contributed by atoms with van der Waals surface area (Å²) in [4.78, 5) is 38.8. The monoisotopic (exact) mass is 462 g/mol. The van der Waals surface area contributed by atoms with Crippen molar-refractivity contribution in [2.24, 2.45) is 11.8 Å². The van der Waals surface area contributed by atoms with Gasteiger partial charge in [-0.25, -0.2) is 4.79 Å². The van der Waals surface area contributed by atoms with Gasteiger partial charge in [-0.15, -0.1) is 0 Å². The molecule has 1 saturated heterocycles. The average molecular weight is 463 g/mol. The smallest absolute Gasteiger partial charge is 0.407 e. The molecule has 1 aliphatic heterocycles. The third-order valence-corrected chi connectivity index (χ3v) is 7.79. The molecule has 2 aromatic rings. The van der Waals surface area contributed by atoms with Crippen LogP contribution in [0.15, 0.2) is 48.5 Å². The van der Waals surface area contributed by atoms with Crippen LogP contribution < -0.4 is 5.32 Å². The zero-order valence-electron chi connectivity index (χ0n) is 19.3. The van der Waals surface area contributed by atoms with Crippen molar-refractivity contribution in [3.05, 3.63) is 59.7 Å². The Morgan fingerprint density at radius 1 is 1.03 bits per heavy atom. The van der Waals surface area contributed by atoms with Crippen LogP contribution in [-0.2, 0) is 14.3 Å². The maximum absolute atomic E-state index is 12.9. The standard InChI is InChI=1S/C27H30N2O5/c1-17-14-29(15-22(17)25(31)32)24(30)13-27(11-6-12-27)28-26(33)34-16-23-20-9-4-2-7-18(20)19-8-3-5-10-21(19)23/h2-5,7-10,17,22-23H,6,11-16H2,1H3,(H,28,33)(H,31,32)/t17-,22-/m1/s1. The predicted molar refractivity (Wildman–Crippen MR) is 126 cm³/mol. The zero-order chi connectivity index (χ0) is 23.9. The minimum atomic E-state index is -0.863. The van der Waals surface area contributed by atoms with Gasteiger partial charge in [0.1, 0.15) is 6.61 Å². The molecule has 2 N–H and O–H groups in total. The van der Waals surface area contributed by atoms with Gasteiger partial charge in [-0.1, -0.05) is 55.5 Å².